The highest BCUT2D eigenvalue weighted by atomic mass is 16.5. The molecular formula is C15H17N3O. The van der Waals surface area contributed by atoms with Crippen molar-refractivity contribution in [2.45, 2.75) is 20.0 Å². The van der Waals surface area contributed by atoms with Gasteiger partial charge in [-0.25, -0.2) is 0 Å². The van der Waals surface area contributed by atoms with Gasteiger partial charge < -0.3 is 14.4 Å². The molecular weight excluding hydrogens is 238 g/mol. The molecule has 4 nitrogen and oxygen atoms in total. The number of aromatic nitrogens is 2. The van der Waals surface area contributed by atoms with Crippen LogP contribution in [0, 0.1) is 6.92 Å². The maximum absolute atomic E-state index is 5.13. The molecule has 0 unspecified atom stereocenters. The van der Waals surface area contributed by atoms with Crippen molar-refractivity contribution in [1.82, 2.24) is 15.0 Å². The van der Waals surface area contributed by atoms with Crippen LogP contribution in [0.15, 0.2) is 41.1 Å². The van der Waals surface area contributed by atoms with Crippen LogP contribution in [0.3, 0.4) is 0 Å². The second kappa shape index (κ2) is 4.90. The lowest BCUT2D eigenvalue weighted by Gasteiger charge is -2.08. The third-order valence-corrected chi connectivity index (χ3v) is 3.25. The Kier molecular flexibility index (Phi) is 3.09. The van der Waals surface area contributed by atoms with E-state index in [4.69, 9.17) is 4.52 Å². The van der Waals surface area contributed by atoms with Crippen molar-refractivity contribution in [2.24, 2.45) is 0 Å². The molecule has 2 aromatic heterocycles. The number of rotatable bonds is 4. The Morgan fingerprint density at radius 2 is 2.21 bits per heavy atom. The summed E-state index contributed by atoms with van der Waals surface area (Å²) >= 11 is 0. The molecule has 19 heavy (non-hydrogen) atoms. The van der Waals surface area contributed by atoms with E-state index in [1.54, 1.807) is 0 Å². The number of aryl methyl sites for hydroxylation is 1. The molecule has 0 bridgehead atoms. The molecule has 0 atom stereocenters. The molecule has 98 valence electrons. The Morgan fingerprint density at radius 1 is 1.32 bits per heavy atom. The highest BCUT2D eigenvalue weighted by Crippen LogP contribution is 2.21. The van der Waals surface area contributed by atoms with Gasteiger partial charge in [-0.1, -0.05) is 23.4 Å². The van der Waals surface area contributed by atoms with E-state index in [0.29, 0.717) is 0 Å². The number of hydrogen-bond donors (Lipinski definition) is 1. The summed E-state index contributed by atoms with van der Waals surface area (Å²) in [5.41, 5.74) is 3.51. The highest BCUT2D eigenvalue weighted by Gasteiger charge is 2.08. The van der Waals surface area contributed by atoms with Gasteiger partial charge in [0, 0.05) is 18.8 Å². The molecule has 0 radical (unpaired) electrons. The molecule has 0 amide bonds. The van der Waals surface area contributed by atoms with Crippen molar-refractivity contribution in [3.8, 4) is 0 Å². The van der Waals surface area contributed by atoms with Gasteiger partial charge in [0.25, 0.3) is 0 Å². The van der Waals surface area contributed by atoms with Gasteiger partial charge in [0.05, 0.1) is 12.1 Å². The molecule has 0 fully saturated rings. The van der Waals surface area contributed by atoms with Crippen molar-refractivity contribution in [3.63, 3.8) is 0 Å². The molecule has 0 spiro atoms. The zero-order valence-corrected chi connectivity index (χ0v) is 11.2. The topological polar surface area (TPSA) is 43.0 Å². The summed E-state index contributed by atoms with van der Waals surface area (Å²) in [5.74, 6) is 0.849. The van der Waals surface area contributed by atoms with Crippen molar-refractivity contribution in [1.29, 1.82) is 0 Å². The molecule has 0 aliphatic carbocycles. The summed E-state index contributed by atoms with van der Waals surface area (Å²) in [6, 6.07) is 10.5. The van der Waals surface area contributed by atoms with E-state index in [0.717, 1.165) is 24.5 Å². The molecule has 1 N–H and O–H groups in total. The van der Waals surface area contributed by atoms with Crippen LogP contribution in [0.25, 0.3) is 10.9 Å². The van der Waals surface area contributed by atoms with Crippen molar-refractivity contribution in [3.05, 3.63) is 53.5 Å². The van der Waals surface area contributed by atoms with E-state index in [9.17, 15) is 0 Å². The quantitative estimate of drug-likeness (QED) is 0.779. The molecule has 3 rings (SSSR count). The Hall–Kier alpha value is -2.07. The van der Waals surface area contributed by atoms with E-state index in [1.165, 1.54) is 16.5 Å². The van der Waals surface area contributed by atoms with Gasteiger partial charge in [0.1, 0.15) is 11.5 Å². The molecule has 0 saturated carbocycles. The third-order valence-electron chi connectivity index (χ3n) is 3.25. The van der Waals surface area contributed by atoms with Crippen LogP contribution in [0.1, 0.15) is 17.0 Å². The zero-order chi connectivity index (χ0) is 13.2. The smallest absolute Gasteiger partial charge is 0.133 e. The first-order chi connectivity index (χ1) is 9.28. The number of hydrogen-bond acceptors (Lipinski definition) is 3. The fourth-order valence-corrected chi connectivity index (χ4v) is 2.47. The van der Waals surface area contributed by atoms with Gasteiger partial charge >= 0.3 is 0 Å². The van der Waals surface area contributed by atoms with Gasteiger partial charge in [-0.05, 0) is 31.0 Å². The SMILES string of the molecule is CNCc1cccc2ccn(Cc3cc(C)on3)c12. The Morgan fingerprint density at radius 3 is 2.95 bits per heavy atom. The van der Waals surface area contributed by atoms with E-state index in [1.807, 2.05) is 20.0 Å². The highest BCUT2D eigenvalue weighted by molar-refractivity contribution is 5.83. The predicted molar refractivity (Wildman–Crippen MR) is 75.0 cm³/mol. The molecule has 3 aromatic rings. The molecule has 0 aliphatic rings. The van der Waals surface area contributed by atoms with Crippen LogP contribution in [-0.4, -0.2) is 16.8 Å². The van der Waals surface area contributed by atoms with Crippen molar-refractivity contribution in [2.75, 3.05) is 7.05 Å². The minimum atomic E-state index is 0.738. The Balaban J connectivity index is 2.03. The number of nitrogens with zero attached hydrogens (tertiary/aromatic N) is 2. The van der Waals surface area contributed by atoms with Gasteiger partial charge in [-0.3, -0.25) is 0 Å². The number of para-hydroxylation sites is 1. The second-order valence-corrected chi connectivity index (χ2v) is 4.76. The van der Waals surface area contributed by atoms with Crippen LogP contribution in [-0.2, 0) is 13.1 Å². The maximum Gasteiger partial charge on any atom is 0.133 e. The first-order valence-corrected chi connectivity index (χ1v) is 6.41. The lowest BCUT2D eigenvalue weighted by atomic mass is 10.1. The third kappa shape index (κ3) is 2.27. The van der Waals surface area contributed by atoms with Crippen LogP contribution in [0.4, 0.5) is 0 Å². The first kappa shape index (κ1) is 12.0. The average Bonchev–Trinajstić information content (AvgIpc) is 2.98. The Bertz CT molecular complexity index is 696. The first-order valence-electron chi connectivity index (χ1n) is 6.41. The van der Waals surface area contributed by atoms with Crippen molar-refractivity contribution >= 4 is 10.9 Å². The molecule has 0 aliphatic heterocycles. The predicted octanol–water partition coefficient (Wildman–Crippen LogP) is 2.71. The summed E-state index contributed by atoms with van der Waals surface area (Å²) in [5, 5.41) is 8.53. The van der Waals surface area contributed by atoms with E-state index in [-0.39, 0.29) is 0 Å². The van der Waals surface area contributed by atoms with E-state index < -0.39 is 0 Å². The number of benzene rings is 1. The molecule has 0 saturated heterocycles. The maximum atomic E-state index is 5.13. The monoisotopic (exact) mass is 255 g/mol. The second-order valence-electron chi connectivity index (χ2n) is 4.76. The van der Waals surface area contributed by atoms with E-state index >= 15 is 0 Å². The van der Waals surface area contributed by atoms with E-state index in [2.05, 4.69) is 45.5 Å². The summed E-state index contributed by atoms with van der Waals surface area (Å²) < 4.78 is 7.35. The van der Waals surface area contributed by atoms with Crippen LogP contribution in [0.2, 0.25) is 0 Å². The van der Waals surface area contributed by atoms with Crippen LogP contribution >= 0.6 is 0 Å². The van der Waals surface area contributed by atoms with Crippen LogP contribution in [0.5, 0.6) is 0 Å². The largest absolute Gasteiger partial charge is 0.361 e. The summed E-state index contributed by atoms with van der Waals surface area (Å²) in [7, 11) is 1.97. The van der Waals surface area contributed by atoms with Crippen molar-refractivity contribution < 1.29 is 4.52 Å². The molecule has 1 aromatic carbocycles. The van der Waals surface area contributed by atoms with Gasteiger partial charge in [0.15, 0.2) is 0 Å². The lowest BCUT2D eigenvalue weighted by molar-refractivity contribution is 0.389. The Labute approximate surface area is 112 Å². The normalized spacial score (nSPS) is 11.3. The van der Waals surface area contributed by atoms with Gasteiger partial charge in [-0.2, -0.15) is 0 Å². The summed E-state index contributed by atoms with van der Waals surface area (Å²) in [4.78, 5) is 0. The fraction of sp³-hybridized carbons (Fsp3) is 0.267. The zero-order valence-electron chi connectivity index (χ0n) is 11.2. The minimum absolute atomic E-state index is 0.738. The molecule has 4 heteroatoms. The summed E-state index contributed by atoms with van der Waals surface area (Å²) in [6.45, 7) is 3.51. The minimum Gasteiger partial charge on any atom is -0.361 e. The number of fused-ring (bicyclic) bond motifs is 1. The lowest BCUT2D eigenvalue weighted by Crippen LogP contribution is -2.08. The standard InChI is InChI=1S/C15H17N3O/c1-11-8-14(17-19-11)10-18-7-6-12-4-3-5-13(9-16-2)15(12)18/h3-8,16H,9-10H2,1-2H3. The average molecular weight is 255 g/mol. The molecule has 2 heterocycles. The van der Waals surface area contributed by atoms with Crippen LogP contribution < -0.4 is 5.32 Å². The van der Waals surface area contributed by atoms with Gasteiger partial charge in [0.2, 0.25) is 0 Å². The van der Waals surface area contributed by atoms with Gasteiger partial charge in [-0.15, -0.1) is 0 Å². The summed E-state index contributed by atoms with van der Waals surface area (Å²) in [6.07, 6.45) is 2.10. The fourth-order valence-electron chi connectivity index (χ4n) is 2.47. The number of nitrogens with one attached hydrogen (secondary N) is 1.